The van der Waals surface area contributed by atoms with Gasteiger partial charge >= 0.3 is 0 Å². The van der Waals surface area contributed by atoms with Gasteiger partial charge in [0.25, 0.3) is 10.0 Å². The Balaban J connectivity index is 2.60. The molecule has 1 unspecified atom stereocenters. The Labute approximate surface area is 102 Å². The van der Waals surface area contributed by atoms with Crippen LogP contribution in [0.15, 0.2) is 5.03 Å². The molecule has 0 spiro atoms. The first-order chi connectivity index (χ1) is 7.95. The Kier molecular flexibility index (Phi) is 3.27. The van der Waals surface area contributed by atoms with Crippen molar-refractivity contribution in [3.63, 3.8) is 0 Å². The summed E-state index contributed by atoms with van der Waals surface area (Å²) in [7, 11) is -3.70. The smallest absolute Gasteiger partial charge is 0.257 e. The zero-order valence-electron chi connectivity index (χ0n) is 10.3. The van der Waals surface area contributed by atoms with Gasteiger partial charge < -0.3 is 4.57 Å². The molecule has 5 nitrogen and oxygen atoms in total. The molecule has 0 saturated carbocycles. The summed E-state index contributed by atoms with van der Waals surface area (Å²) in [6.07, 6.45) is 4.58. The number of nitrogens with two attached hydrogens (primary N) is 1. The zero-order chi connectivity index (χ0) is 12.6. The molecular formula is C11H19N3O2S. The van der Waals surface area contributed by atoms with E-state index in [1.807, 2.05) is 0 Å². The van der Waals surface area contributed by atoms with E-state index in [1.165, 1.54) is 0 Å². The highest BCUT2D eigenvalue weighted by Gasteiger charge is 2.28. The Hall–Kier alpha value is -0.880. The summed E-state index contributed by atoms with van der Waals surface area (Å²) in [4.78, 5) is 4.25. The van der Waals surface area contributed by atoms with Gasteiger partial charge in [0.15, 0.2) is 5.03 Å². The van der Waals surface area contributed by atoms with Gasteiger partial charge in [0, 0.05) is 12.5 Å². The van der Waals surface area contributed by atoms with Gasteiger partial charge in [0.1, 0.15) is 5.82 Å². The van der Waals surface area contributed by atoms with Crippen molar-refractivity contribution >= 4 is 10.0 Å². The number of aromatic nitrogens is 2. The number of aryl methyl sites for hydroxylation is 1. The molecular weight excluding hydrogens is 238 g/mol. The maximum atomic E-state index is 11.5. The molecule has 0 aromatic carbocycles. The van der Waals surface area contributed by atoms with Gasteiger partial charge in [-0.2, -0.15) is 0 Å². The van der Waals surface area contributed by atoms with E-state index >= 15 is 0 Å². The topological polar surface area (TPSA) is 78.0 Å². The van der Waals surface area contributed by atoms with Crippen molar-refractivity contribution in [3.05, 3.63) is 11.5 Å². The van der Waals surface area contributed by atoms with Crippen molar-refractivity contribution in [1.82, 2.24) is 9.55 Å². The number of fused-ring (bicyclic) bond motifs is 1. The quantitative estimate of drug-likeness (QED) is 0.888. The van der Waals surface area contributed by atoms with Crippen LogP contribution in [0, 0.1) is 0 Å². The summed E-state index contributed by atoms with van der Waals surface area (Å²) in [5.74, 6) is 0.860. The van der Waals surface area contributed by atoms with Gasteiger partial charge in [-0.1, -0.05) is 6.92 Å². The number of hydrogen-bond donors (Lipinski definition) is 1. The van der Waals surface area contributed by atoms with Crippen LogP contribution >= 0.6 is 0 Å². The van der Waals surface area contributed by atoms with Gasteiger partial charge in [-0.25, -0.2) is 18.5 Å². The summed E-state index contributed by atoms with van der Waals surface area (Å²) >= 11 is 0. The first kappa shape index (κ1) is 12.6. The molecule has 17 heavy (non-hydrogen) atoms. The van der Waals surface area contributed by atoms with Crippen molar-refractivity contribution in [2.75, 3.05) is 0 Å². The SMILES string of the molecule is CCCc1nc(S(N)(=O)=O)c2n1C(C)CCC2. The minimum absolute atomic E-state index is 0.0903. The Bertz CT molecular complexity index is 519. The second kappa shape index (κ2) is 4.42. The molecule has 0 amide bonds. The molecule has 1 atom stereocenters. The van der Waals surface area contributed by atoms with E-state index in [-0.39, 0.29) is 5.03 Å². The maximum Gasteiger partial charge on any atom is 0.257 e. The largest absolute Gasteiger partial charge is 0.328 e. The van der Waals surface area contributed by atoms with E-state index < -0.39 is 10.0 Å². The average molecular weight is 257 g/mol. The van der Waals surface area contributed by atoms with E-state index in [9.17, 15) is 8.42 Å². The van der Waals surface area contributed by atoms with Crippen molar-refractivity contribution in [1.29, 1.82) is 0 Å². The highest BCUT2D eigenvalue weighted by Crippen LogP contribution is 2.30. The number of sulfonamides is 1. The third-order valence-electron chi connectivity index (χ3n) is 3.27. The van der Waals surface area contributed by atoms with E-state index in [0.29, 0.717) is 6.04 Å². The van der Waals surface area contributed by atoms with E-state index in [1.54, 1.807) is 0 Å². The Morgan fingerprint density at radius 1 is 1.53 bits per heavy atom. The Morgan fingerprint density at radius 2 is 2.24 bits per heavy atom. The molecule has 0 bridgehead atoms. The van der Waals surface area contributed by atoms with E-state index in [4.69, 9.17) is 5.14 Å². The lowest BCUT2D eigenvalue weighted by atomic mass is 10.0. The number of imidazole rings is 1. The van der Waals surface area contributed by atoms with Crippen LogP contribution in [-0.2, 0) is 22.9 Å². The molecule has 2 N–H and O–H groups in total. The second-order valence-corrected chi connectivity index (χ2v) is 6.16. The fourth-order valence-corrected chi connectivity index (χ4v) is 3.33. The monoisotopic (exact) mass is 257 g/mol. The van der Waals surface area contributed by atoms with Crippen LogP contribution in [0.5, 0.6) is 0 Å². The normalized spacial score (nSPS) is 20.3. The van der Waals surface area contributed by atoms with Crippen LogP contribution in [0.25, 0.3) is 0 Å². The lowest BCUT2D eigenvalue weighted by Gasteiger charge is -2.24. The van der Waals surface area contributed by atoms with Crippen LogP contribution in [0.3, 0.4) is 0 Å². The first-order valence-corrected chi connectivity index (χ1v) is 7.62. The van der Waals surface area contributed by atoms with Crippen LogP contribution < -0.4 is 5.14 Å². The van der Waals surface area contributed by atoms with E-state index in [2.05, 4.69) is 23.4 Å². The van der Waals surface area contributed by atoms with Crippen molar-refractivity contribution in [2.24, 2.45) is 5.14 Å². The fraction of sp³-hybridized carbons (Fsp3) is 0.727. The van der Waals surface area contributed by atoms with Crippen LogP contribution in [0.4, 0.5) is 0 Å². The molecule has 0 aliphatic carbocycles. The molecule has 6 heteroatoms. The molecule has 2 rings (SSSR count). The summed E-state index contributed by atoms with van der Waals surface area (Å²) in [6, 6.07) is 0.322. The second-order valence-electron chi connectivity index (χ2n) is 4.69. The molecule has 1 aliphatic rings. The lowest BCUT2D eigenvalue weighted by molar-refractivity contribution is 0.414. The minimum Gasteiger partial charge on any atom is -0.328 e. The maximum absolute atomic E-state index is 11.5. The third-order valence-corrected chi connectivity index (χ3v) is 4.13. The highest BCUT2D eigenvalue weighted by molar-refractivity contribution is 7.89. The summed E-state index contributed by atoms with van der Waals surface area (Å²) in [6.45, 7) is 4.17. The molecule has 0 radical (unpaired) electrons. The van der Waals surface area contributed by atoms with Crippen LogP contribution in [-0.4, -0.2) is 18.0 Å². The van der Waals surface area contributed by atoms with E-state index in [0.717, 1.165) is 43.6 Å². The van der Waals surface area contributed by atoms with Gasteiger partial charge in [0.2, 0.25) is 0 Å². The molecule has 1 aromatic heterocycles. The van der Waals surface area contributed by atoms with Crippen LogP contribution in [0.1, 0.15) is 50.7 Å². The Morgan fingerprint density at radius 3 is 2.82 bits per heavy atom. The van der Waals surface area contributed by atoms with Gasteiger partial charge in [-0.3, -0.25) is 0 Å². The van der Waals surface area contributed by atoms with Gasteiger partial charge in [-0.15, -0.1) is 0 Å². The first-order valence-electron chi connectivity index (χ1n) is 6.08. The van der Waals surface area contributed by atoms with Gasteiger partial charge in [0.05, 0.1) is 5.69 Å². The summed E-state index contributed by atoms with van der Waals surface area (Å²) < 4.78 is 25.1. The number of primary sulfonamides is 1. The molecule has 2 heterocycles. The predicted molar refractivity (Wildman–Crippen MR) is 65.2 cm³/mol. The fourth-order valence-electron chi connectivity index (χ4n) is 2.56. The number of nitrogens with zero attached hydrogens (tertiary/aromatic N) is 2. The van der Waals surface area contributed by atoms with Crippen molar-refractivity contribution in [3.8, 4) is 0 Å². The zero-order valence-corrected chi connectivity index (χ0v) is 11.1. The molecule has 1 aliphatic heterocycles. The van der Waals surface area contributed by atoms with Crippen LogP contribution in [0.2, 0.25) is 0 Å². The highest BCUT2D eigenvalue weighted by atomic mass is 32.2. The third kappa shape index (κ3) is 2.24. The molecule has 1 aromatic rings. The summed E-state index contributed by atoms with van der Waals surface area (Å²) in [5.41, 5.74) is 0.801. The minimum atomic E-state index is -3.70. The lowest BCUT2D eigenvalue weighted by Crippen LogP contribution is -2.20. The van der Waals surface area contributed by atoms with Gasteiger partial charge in [-0.05, 0) is 32.6 Å². The average Bonchev–Trinajstić information content (AvgIpc) is 2.59. The number of rotatable bonds is 3. The molecule has 96 valence electrons. The van der Waals surface area contributed by atoms with Crippen molar-refractivity contribution < 1.29 is 8.42 Å². The molecule has 0 fully saturated rings. The van der Waals surface area contributed by atoms with Crippen molar-refractivity contribution in [2.45, 2.75) is 57.0 Å². The summed E-state index contributed by atoms with van der Waals surface area (Å²) in [5, 5.41) is 5.32. The predicted octanol–water partition coefficient (Wildman–Crippen LogP) is 1.38. The number of hydrogen-bond acceptors (Lipinski definition) is 3. The molecule has 0 saturated heterocycles. The standard InChI is InChI=1S/C11H19N3O2S/c1-3-5-10-13-11(17(12,15)16)9-7-4-6-8(2)14(9)10/h8H,3-7H2,1-2H3,(H2,12,15,16).